The third-order valence-corrected chi connectivity index (χ3v) is 3.33. The van der Waals surface area contributed by atoms with Crippen molar-refractivity contribution in [2.24, 2.45) is 10.5 Å². The average molecular weight is 269 g/mol. The smallest absolute Gasteiger partial charge is 0.328 e. The molecule has 0 aliphatic heterocycles. The van der Waals surface area contributed by atoms with Gasteiger partial charge in [0.05, 0.1) is 7.11 Å². The second kappa shape index (κ2) is 5.81. The van der Waals surface area contributed by atoms with Crippen molar-refractivity contribution < 1.29 is 19.1 Å². The lowest BCUT2D eigenvalue weighted by Gasteiger charge is -2.26. The summed E-state index contributed by atoms with van der Waals surface area (Å²) in [5.74, 6) is -1.33. The summed E-state index contributed by atoms with van der Waals surface area (Å²) >= 11 is 0. The number of hydrogen-bond donors (Lipinski definition) is 1. The number of rotatable bonds is 5. The topological polar surface area (TPSA) is 88.1 Å². The van der Waals surface area contributed by atoms with E-state index in [4.69, 9.17) is 0 Å². The Labute approximate surface area is 112 Å². The van der Waals surface area contributed by atoms with Crippen LogP contribution >= 0.6 is 0 Å². The molecule has 19 heavy (non-hydrogen) atoms. The highest BCUT2D eigenvalue weighted by atomic mass is 16.5. The summed E-state index contributed by atoms with van der Waals surface area (Å²) in [5, 5.41) is 3.63. The van der Waals surface area contributed by atoms with Crippen LogP contribution in [0.1, 0.15) is 26.7 Å². The number of amides is 2. The zero-order valence-electron chi connectivity index (χ0n) is 11.6. The van der Waals surface area contributed by atoms with Gasteiger partial charge in [-0.2, -0.15) is 5.10 Å². The van der Waals surface area contributed by atoms with Crippen LogP contribution in [0.3, 0.4) is 0 Å². The van der Waals surface area contributed by atoms with Crippen LogP contribution in [0.2, 0.25) is 0 Å². The van der Waals surface area contributed by atoms with E-state index in [9.17, 15) is 14.4 Å². The van der Waals surface area contributed by atoms with Crippen LogP contribution in [0.5, 0.6) is 0 Å². The minimum Gasteiger partial charge on any atom is -0.467 e. The zero-order valence-corrected chi connectivity index (χ0v) is 11.6. The predicted molar refractivity (Wildman–Crippen MR) is 68.2 cm³/mol. The first-order valence-corrected chi connectivity index (χ1v) is 6.04. The van der Waals surface area contributed by atoms with Gasteiger partial charge in [0, 0.05) is 13.3 Å². The molecule has 0 unspecified atom stereocenters. The van der Waals surface area contributed by atoms with E-state index in [-0.39, 0.29) is 5.91 Å². The van der Waals surface area contributed by atoms with Crippen LogP contribution in [0.4, 0.5) is 0 Å². The van der Waals surface area contributed by atoms with E-state index in [0.29, 0.717) is 12.8 Å². The third-order valence-electron chi connectivity index (χ3n) is 3.33. The van der Waals surface area contributed by atoms with E-state index >= 15 is 0 Å². The number of nitrogens with one attached hydrogen (secondary N) is 1. The molecule has 0 aromatic carbocycles. The molecular weight excluding hydrogens is 250 g/mol. The molecule has 1 fully saturated rings. The predicted octanol–water partition coefficient (Wildman–Crippen LogP) is -0.0916. The first kappa shape index (κ1) is 15.1. The molecule has 106 valence electrons. The van der Waals surface area contributed by atoms with E-state index in [1.165, 1.54) is 25.3 Å². The Morgan fingerprint density at radius 3 is 2.42 bits per heavy atom. The molecule has 0 saturated heterocycles. The monoisotopic (exact) mass is 269 g/mol. The number of methoxy groups -OCH3 is 1. The Kier molecular flexibility index (Phi) is 4.63. The number of ether oxygens (including phenoxy) is 1. The van der Waals surface area contributed by atoms with E-state index < -0.39 is 23.3 Å². The lowest BCUT2D eigenvalue weighted by atomic mass is 10.0. The standard InChI is InChI=1S/C12H19N3O4/c1-5-13-14-10(17)12(6-7-12)11(18)15(3)8(2)9(16)19-4/h5,8H,6-7H2,1-4H3,(H,14,17)/b13-5-/t8-/m1/s1. The van der Waals surface area contributed by atoms with Gasteiger partial charge in [0.15, 0.2) is 0 Å². The van der Waals surface area contributed by atoms with Gasteiger partial charge in [0.1, 0.15) is 11.5 Å². The fourth-order valence-corrected chi connectivity index (χ4v) is 1.74. The normalized spacial score (nSPS) is 17.7. The van der Waals surface area contributed by atoms with Crippen molar-refractivity contribution in [1.82, 2.24) is 10.3 Å². The van der Waals surface area contributed by atoms with Crippen LogP contribution in [0, 0.1) is 5.41 Å². The molecule has 0 aromatic heterocycles. The third kappa shape index (κ3) is 2.91. The maximum absolute atomic E-state index is 12.3. The molecule has 7 nitrogen and oxygen atoms in total. The summed E-state index contributed by atoms with van der Waals surface area (Å²) in [6.45, 7) is 3.22. The average Bonchev–Trinajstić information content (AvgIpc) is 3.22. The van der Waals surface area contributed by atoms with E-state index in [1.54, 1.807) is 13.8 Å². The van der Waals surface area contributed by atoms with Gasteiger partial charge in [-0.3, -0.25) is 9.59 Å². The Balaban J connectivity index is 2.76. The summed E-state index contributed by atoms with van der Waals surface area (Å²) in [6.07, 6.45) is 2.36. The molecule has 1 aliphatic rings. The first-order chi connectivity index (χ1) is 8.90. The summed E-state index contributed by atoms with van der Waals surface area (Å²) in [5.41, 5.74) is 1.24. The maximum Gasteiger partial charge on any atom is 0.328 e. The fourth-order valence-electron chi connectivity index (χ4n) is 1.74. The van der Waals surface area contributed by atoms with Gasteiger partial charge in [-0.25, -0.2) is 10.2 Å². The van der Waals surface area contributed by atoms with Crippen LogP contribution in [0.15, 0.2) is 5.10 Å². The van der Waals surface area contributed by atoms with Gasteiger partial charge >= 0.3 is 5.97 Å². The van der Waals surface area contributed by atoms with Crippen LogP contribution in [0.25, 0.3) is 0 Å². The maximum atomic E-state index is 12.3. The quantitative estimate of drug-likeness (QED) is 0.327. The van der Waals surface area contributed by atoms with E-state index in [2.05, 4.69) is 15.3 Å². The van der Waals surface area contributed by atoms with Gasteiger partial charge < -0.3 is 9.64 Å². The number of carbonyl (C=O) groups is 3. The molecular formula is C12H19N3O4. The summed E-state index contributed by atoms with van der Waals surface area (Å²) in [7, 11) is 2.74. The van der Waals surface area contributed by atoms with Crippen LogP contribution in [-0.4, -0.2) is 49.1 Å². The summed E-state index contributed by atoms with van der Waals surface area (Å²) in [6, 6.07) is -0.725. The minimum absolute atomic E-state index is 0.380. The molecule has 0 bridgehead atoms. The van der Waals surface area contributed by atoms with Crippen molar-refractivity contribution in [1.29, 1.82) is 0 Å². The van der Waals surface area contributed by atoms with Crippen molar-refractivity contribution >= 4 is 24.0 Å². The zero-order chi connectivity index (χ0) is 14.6. The Morgan fingerprint density at radius 1 is 1.42 bits per heavy atom. The molecule has 0 aromatic rings. The van der Waals surface area contributed by atoms with Crippen molar-refractivity contribution in [2.75, 3.05) is 14.2 Å². The molecule has 1 aliphatic carbocycles. The summed E-state index contributed by atoms with van der Waals surface area (Å²) < 4.78 is 4.58. The molecule has 1 saturated carbocycles. The van der Waals surface area contributed by atoms with Gasteiger partial charge in [0.2, 0.25) is 5.91 Å². The molecule has 0 spiro atoms. The van der Waals surface area contributed by atoms with Crippen molar-refractivity contribution in [2.45, 2.75) is 32.7 Å². The second-order valence-electron chi connectivity index (χ2n) is 4.53. The Hall–Kier alpha value is -1.92. The number of nitrogens with zero attached hydrogens (tertiary/aromatic N) is 2. The number of hydrogen-bond acceptors (Lipinski definition) is 5. The first-order valence-electron chi connectivity index (χ1n) is 6.04. The van der Waals surface area contributed by atoms with Crippen molar-refractivity contribution in [3.63, 3.8) is 0 Å². The SMILES string of the molecule is C/C=N\NC(=O)C1(C(=O)N(C)[C@H](C)C(=O)OC)CC1. The number of carbonyl (C=O) groups excluding carboxylic acids is 3. The molecule has 2 amide bonds. The molecule has 1 atom stereocenters. The van der Waals surface area contributed by atoms with Crippen molar-refractivity contribution in [3.8, 4) is 0 Å². The van der Waals surface area contributed by atoms with E-state index in [1.807, 2.05) is 0 Å². The molecule has 0 heterocycles. The number of hydrazone groups is 1. The minimum atomic E-state index is -1.08. The van der Waals surface area contributed by atoms with Crippen LogP contribution in [-0.2, 0) is 19.1 Å². The highest BCUT2D eigenvalue weighted by molar-refractivity contribution is 6.08. The van der Waals surface area contributed by atoms with Crippen LogP contribution < -0.4 is 5.43 Å². The molecule has 1 N–H and O–H groups in total. The van der Waals surface area contributed by atoms with Gasteiger partial charge in [-0.1, -0.05) is 0 Å². The fraction of sp³-hybridized carbons (Fsp3) is 0.667. The van der Waals surface area contributed by atoms with Gasteiger partial charge in [-0.05, 0) is 26.7 Å². The van der Waals surface area contributed by atoms with Crippen molar-refractivity contribution in [3.05, 3.63) is 0 Å². The second-order valence-corrected chi connectivity index (χ2v) is 4.53. The summed E-state index contributed by atoms with van der Waals surface area (Å²) in [4.78, 5) is 36.9. The number of esters is 1. The lowest BCUT2D eigenvalue weighted by Crippen LogP contribution is -2.48. The Morgan fingerprint density at radius 2 is 2.00 bits per heavy atom. The lowest BCUT2D eigenvalue weighted by molar-refractivity contribution is -0.155. The molecule has 1 rings (SSSR count). The van der Waals surface area contributed by atoms with Gasteiger partial charge in [-0.15, -0.1) is 0 Å². The molecule has 7 heteroatoms. The van der Waals surface area contributed by atoms with Gasteiger partial charge in [0.25, 0.3) is 5.91 Å². The highest BCUT2D eigenvalue weighted by Gasteiger charge is 2.58. The highest BCUT2D eigenvalue weighted by Crippen LogP contribution is 2.47. The molecule has 0 radical (unpaired) electrons. The number of likely N-dealkylation sites (N-methyl/N-ethyl adjacent to an activating group) is 1. The van der Waals surface area contributed by atoms with E-state index in [0.717, 1.165) is 0 Å². The largest absolute Gasteiger partial charge is 0.467 e. The Bertz CT molecular complexity index is 415.